The summed E-state index contributed by atoms with van der Waals surface area (Å²) in [5, 5.41) is 4.36. The van der Waals surface area contributed by atoms with Gasteiger partial charge in [0, 0.05) is 17.8 Å². The molecule has 3 aromatic heterocycles. The molecule has 0 unspecified atom stereocenters. The van der Waals surface area contributed by atoms with Crippen LogP contribution in [0, 0.1) is 5.82 Å². The van der Waals surface area contributed by atoms with Crippen molar-refractivity contribution in [2.24, 2.45) is 5.73 Å². The molecule has 0 fully saturated rings. The molecule has 7 nitrogen and oxygen atoms in total. The maximum Gasteiger partial charge on any atom is 0.314 e. The zero-order chi connectivity index (χ0) is 19.7. The Morgan fingerprint density at radius 3 is 2.68 bits per heavy atom. The van der Waals surface area contributed by atoms with Gasteiger partial charge in [-0.1, -0.05) is 12.1 Å². The number of amides is 1. The van der Waals surface area contributed by atoms with Crippen molar-refractivity contribution < 1.29 is 18.4 Å². The second-order valence-corrected chi connectivity index (χ2v) is 5.88. The van der Waals surface area contributed by atoms with Crippen LogP contribution in [-0.2, 0) is 0 Å². The first-order valence-electron chi connectivity index (χ1n) is 8.23. The predicted octanol–water partition coefficient (Wildman–Crippen LogP) is 3.12. The van der Waals surface area contributed by atoms with Crippen molar-refractivity contribution in [3.8, 4) is 0 Å². The maximum absolute atomic E-state index is 14.6. The fraction of sp³-hybridized carbons (Fsp3) is 0. The van der Waals surface area contributed by atoms with Gasteiger partial charge in [-0.15, -0.1) is 0 Å². The van der Waals surface area contributed by atoms with Crippen molar-refractivity contribution in [3.63, 3.8) is 0 Å². The minimum atomic E-state index is -0.758. The Morgan fingerprint density at radius 1 is 1.14 bits per heavy atom. The highest BCUT2D eigenvalue weighted by Gasteiger charge is 2.24. The van der Waals surface area contributed by atoms with Gasteiger partial charge in [0.05, 0.1) is 17.5 Å². The van der Waals surface area contributed by atoms with Crippen molar-refractivity contribution in [3.05, 3.63) is 83.5 Å². The van der Waals surface area contributed by atoms with E-state index in [2.05, 4.69) is 10.1 Å². The van der Waals surface area contributed by atoms with Crippen LogP contribution in [0.2, 0.25) is 0 Å². The highest BCUT2D eigenvalue weighted by atomic mass is 19.1. The summed E-state index contributed by atoms with van der Waals surface area (Å²) < 4.78 is 20.6. The van der Waals surface area contributed by atoms with Crippen LogP contribution in [0.15, 0.2) is 59.5 Å². The maximum atomic E-state index is 14.6. The quantitative estimate of drug-likeness (QED) is 0.589. The Bertz CT molecular complexity index is 1210. The normalized spacial score (nSPS) is 11.3. The monoisotopic (exact) mass is 376 g/mol. The number of benzene rings is 1. The number of nitrogens with two attached hydrogens (primary N) is 1. The summed E-state index contributed by atoms with van der Waals surface area (Å²) in [5.74, 6) is -2.16. The third kappa shape index (κ3) is 2.96. The molecular weight excluding hydrogens is 363 g/mol. The van der Waals surface area contributed by atoms with Gasteiger partial charge in [0.1, 0.15) is 11.3 Å². The number of furan rings is 1. The number of primary amides is 1. The molecule has 0 atom stereocenters. The van der Waals surface area contributed by atoms with Gasteiger partial charge in [0.25, 0.3) is 0 Å². The van der Waals surface area contributed by atoms with Crippen LogP contribution in [0.25, 0.3) is 23.1 Å². The Morgan fingerprint density at radius 2 is 2.00 bits per heavy atom. The van der Waals surface area contributed by atoms with Gasteiger partial charge in [-0.05, 0) is 42.0 Å². The fourth-order valence-electron chi connectivity index (χ4n) is 2.86. The lowest BCUT2D eigenvalue weighted by atomic mass is 10.1. The van der Waals surface area contributed by atoms with E-state index in [0.29, 0.717) is 0 Å². The van der Waals surface area contributed by atoms with Crippen LogP contribution in [-0.4, -0.2) is 26.6 Å². The standard InChI is InChI=1S/C20H13FN4O3/c21-14-7-6-13(19(22)26)17-15(8-5-12-3-1-9-23-11-12)24-25(18(14)17)20(27)16-4-2-10-28-16/h1-11H,(H2,22,26). The molecule has 0 radical (unpaired) electrons. The lowest BCUT2D eigenvalue weighted by molar-refractivity contribution is 0.0921. The highest BCUT2D eigenvalue weighted by molar-refractivity contribution is 6.11. The van der Waals surface area contributed by atoms with Crippen LogP contribution >= 0.6 is 0 Å². The van der Waals surface area contributed by atoms with Gasteiger partial charge < -0.3 is 10.2 Å². The largest absolute Gasteiger partial charge is 0.459 e. The predicted molar refractivity (Wildman–Crippen MR) is 99.8 cm³/mol. The molecular formula is C20H13FN4O3. The van der Waals surface area contributed by atoms with Gasteiger partial charge in [-0.25, -0.2) is 4.39 Å². The highest BCUT2D eigenvalue weighted by Crippen LogP contribution is 2.28. The van der Waals surface area contributed by atoms with E-state index in [1.54, 1.807) is 30.6 Å². The van der Waals surface area contributed by atoms with Crippen LogP contribution < -0.4 is 5.73 Å². The number of halogens is 1. The molecule has 2 N–H and O–H groups in total. The van der Waals surface area contributed by atoms with E-state index < -0.39 is 17.6 Å². The summed E-state index contributed by atoms with van der Waals surface area (Å²) in [7, 11) is 0. The number of hydrogen-bond acceptors (Lipinski definition) is 5. The lowest BCUT2D eigenvalue weighted by Crippen LogP contribution is -2.14. The molecule has 0 bridgehead atoms. The van der Waals surface area contributed by atoms with E-state index in [4.69, 9.17) is 10.2 Å². The van der Waals surface area contributed by atoms with Crippen molar-refractivity contribution in [1.82, 2.24) is 14.8 Å². The van der Waals surface area contributed by atoms with Crippen molar-refractivity contribution in [2.75, 3.05) is 0 Å². The van der Waals surface area contributed by atoms with Gasteiger partial charge in [0.15, 0.2) is 5.76 Å². The fourth-order valence-corrected chi connectivity index (χ4v) is 2.86. The molecule has 8 heteroatoms. The molecule has 1 aromatic carbocycles. The van der Waals surface area contributed by atoms with Gasteiger partial charge >= 0.3 is 5.91 Å². The molecule has 0 aliphatic rings. The summed E-state index contributed by atoms with van der Waals surface area (Å²) in [6.07, 6.45) is 7.83. The number of carbonyl (C=O) groups excluding carboxylic acids is 2. The average molecular weight is 376 g/mol. The van der Waals surface area contributed by atoms with E-state index in [-0.39, 0.29) is 27.9 Å². The SMILES string of the molecule is NC(=O)c1ccc(F)c2c1c(C=Cc1cccnc1)nn2C(=O)c1ccco1. The first-order chi connectivity index (χ1) is 13.6. The minimum absolute atomic E-state index is 0.0175. The smallest absolute Gasteiger partial charge is 0.314 e. The third-order valence-electron chi connectivity index (χ3n) is 4.11. The van der Waals surface area contributed by atoms with Crippen LogP contribution in [0.1, 0.15) is 32.2 Å². The molecule has 0 spiro atoms. The molecule has 4 rings (SSSR count). The van der Waals surface area contributed by atoms with Gasteiger partial charge in [-0.3, -0.25) is 14.6 Å². The number of nitrogens with zero attached hydrogens (tertiary/aromatic N) is 3. The Hall–Kier alpha value is -4.07. The second kappa shape index (κ2) is 6.92. The number of rotatable bonds is 4. The average Bonchev–Trinajstić information content (AvgIpc) is 3.36. The van der Waals surface area contributed by atoms with Crippen molar-refractivity contribution in [1.29, 1.82) is 0 Å². The molecule has 1 amide bonds. The molecule has 138 valence electrons. The van der Waals surface area contributed by atoms with Crippen molar-refractivity contribution >= 4 is 34.9 Å². The molecule has 0 saturated heterocycles. The third-order valence-corrected chi connectivity index (χ3v) is 4.11. The Balaban J connectivity index is 1.96. The zero-order valence-electron chi connectivity index (χ0n) is 14.4. The van der Waals surface area contributed by atoms with Gasteiger partial charge in [0.2, 0.25) is 5.91 Å². The molecule has 28 heavy (non-hydrogen) atoms. The van der Waals surface area contributed by atoms with Gasteiger partial charge in [-0.2, -0.15) is 9.78 Å². The number of pyridine rings is 1. The molecule has 3 heterocycles. The van der Waals surface area contributed by atoms with E-state index in [0.717, 1.165) is 16.3 Å². The van der Waals surface area contributed by atoms with Crippen LogP contribution in [0.3, 0.4) is 0 Å². The summed E-state index contributed by atoms with van der Waals surface area (Å²) in [5.41, 5.74) is 6.34. The Kier molecular flexibility index (Phi) is 4.29. The van der Waals surface area contributed by atoms with Crippen molar-refractivity contribution in [2.45, 2.75) is 0 Å². The lowest BCUT2D eigenvalue weighted by Gasteiger charge is -2.03. The number of hydrogen-bond donors (Lipinski definition) is 1. The number of aromatic nitrogens is 3. The topological polar surface area (TPSA) is 104 Å². The summed E-state index contributed by atoms with van der Waals surface area (Å²) in [6, 6.07) is 8.89. The first kappa shape index (κ1) is 17.3. The van der Waals surface area contributed by atoms with Crippen LogP contribution in [0.5, 0.6) is 0 Å². The zero-order valence-corrected chi connectivity index (χ0v) is 14.4. The first-order valence-corrected chi connectivity index (χ1v) is 8.23. The Labute approximate surface area is 157 Å². The second-order valence-electron chi connectivity index (χ2n) is 5.88. The molecule has 4 aromatic rings. The van der Waals surface area contributed by atoms with E-state index in [1.165, 1.54) is 24.5 Å². The molecule has 0 saturated carbocycles. The summed E-state index contributed by atoms with van der Waals surface area (Å²) in [6.45, 7) is 0. The molecule has 0 aliphatic heterocycles. The number of carbonyl (C=O) groups is 2. The minimum Gasteiger partial charge on any atom is -0.459 e. The summed E-state index contributed by atoms with van der Waals surface area (Å²) >= 11 is 0. The molecule has 0 aliphatic carbocycles. The van der Waals surface area contributed by atoms with E-state index in [1.807, 2.05) is 6.07 Å². The van der Waals surface area contributed by atoms with E-state index >= 15 is 0 Å². The van der Waals surface area contributed by atoms with E-state index in [9.17, 15) is 14.0 Å². The summed E-state index contributed by atoms with van der Waals surface area (Å²) in [4.78, 5) is 28.6. The number of fused-ring (bicyclic) bond motifs is 1. The van der Waals surface area contributed by atoms with Crippen LogP contribution in [0.4, 0.5) is 4.39 Å².